The summed E-state index contributed by atoms with van der Waals surface area (Å²) >= 11 is 0. The molecule has 4 N–H and O–H groups in total. The smallest absolute Gasteiger partial charge is 0.239 e. The molecule has 4 atom stereocenters. The largest absolute Gasteiger partial charge is 0.507 e. The molecule has 1 aliphatic heterocycles. The number of benzene rings is 2. The molecule has 2 aromatic carbocycles. The first-order valence-corrected chi connectivity index (χ1v) is 10.2. The van der Waals surface area contributed by atoms with E-state index in [4.69, 9.17) is 28.1 Å². The maximum absolute atomic E-state index is 13.5. The zero-order valence-electron chi connectivity index (χ0n) is 18.5. The molecule has 0 spiro atoms. The van der Waals surface area contributed by atoms with Crippen molar-refractivity contribution in [1.82, 2.24) is 0 Å². The quantitative estimate of drug-likeness (QED) is 0.402. The number of aliphatic hydroxyl groups is 3. The van der Waals surface area contributed by atoms with E-state index in [1.807, 2.05) is 0 Å². The van der Waals surface area contributed by atoms with Gasteiger partial charge in [0.1, 0.15) is 40.8 Å². The monoisotopic (exact) mass is 476 g/mol. The molecule has 0 bridgehead atoms. The first kappa shape index (κ1) is 23.6. The van der Waals surface area contributed by atoms with Crippen molar-refractivity contribution in [2.75, 3.05) is 27.9 Å². The van der Waals surface area contributed by atoms with Gasteiger partial charge in [-0.3, -0.25) is 4.79 Å². The molecule has 1 aliphatic rings. The lowest BCUT2D eigenvalue weighted by Gasteiger charge is -2.34. The molecular weight excluding hydrogens is 452 g/mol. The summed E-state index contributed by atoms with van der Waals surface area (Å²) in [7, 11) is 4.31. The Hall–Kier alpha value is -3.51. The van der Waals surface area contributed by atoms with Crippen molar-refractivity contribution in [1.29, 1.82) is 0 Å². The zero-order chi connectivity index (χ0) is 24.6. The molecular formula is C23H24O11. The van der Waals surface area contributed by atoms with E-state index in [-0.39, 0.29) is 29.1 Å². The van der Waals surface area contributed by atoms with Crippen LogP contribution in [-0.2, 0) is 4.74 Å². The van der Waals surface area contributed by atoms with Crippen molar-refractivity contribution in [3.63, 3.8) is 0 Å². The van der Waals surface area contributed by atoms with Crippen molar-refractivity contribution >= 4 is 11.0 Å². The lowest BCUT2D eigenvalue weighted by molar-refractivity contribution is -0.242. The van der Waals surface area contributed by atoms with Gasteiger partial charge >= 0.3 is 0 Å². The fourth-order valence-corrected chi connectivity index (χ4v) is 3.65. The highest BCUT2D eigenvalue weighted by molar-refractivity contribution is 5.88. The Bertz CT molecular complexity index is 1250. The molecule has 2 heterocycles. The average Bonchev–Trinajstić information content (AvgIpc) is 2.84. The second-order valence-corrected chi connectivity index (χ2v) is 7.55. The SMILES string of the molecule is COc1cc(O)c2c(=O)c(O[C@H]3OC[C@@H](O)[C@@H](O)[C@H]3O)c(-c3ccc(OC)c(OC)c3)oc2c1. The number of rotatable bonds is 6. The van der Waals surface area contributed by atoms with Crippen LogP contribution in [0.3, 0.4) is 0 Å². The fraction of sp³-hybridized carbons (Fsp3) is 0.348. The van der Waals surface area contributed by atoms with Gasteiger partial charge in [0.25, 0.3) is 0 Å². The summed E-state index contributed by atoms with van der Waals surface area (Å²) < 4.78 is 32.7. The molecule has 3 aromatic rings. The second-order valence-electron chi connectivity index (χ2n) is 7.55. The van der Waals surface area contributed by atoms with Gasteiger partial charge in [0, 0.05) is 17.7 Å². The highest BCUT2D eigenvalue weighted by Gasteiger charge is 2.40. The molecule has 34 heavy (non-hydrogen) atoms. The molecule has 0 radical (unpaired) electrons. The van der Waals surface area contributed by atoms with E-state index in [0.29, 0.717) is 17.1 Å². The first-order chi connectivity index (χ1) is 16.3. The van der Waals surface area contributed by atoms with Crippen LogP contribution < -0.4 is 24.4 Å². The molecule has 11 heteroatoms. The van der Waals surface area contributed by atoms with E-state index in [1.54, 1.807) is 18.2 Å². The summed E-state index contributed by atoms with van der Waals surface area (Å²) in [4.78, 5) is 13.5. The van der Waals surface area contributed by atoms with Gasteiger partial charge in [-0.2, -0.15) is 0 Å². The molecule has 0 unspecified atom stereocenters. The van der Waals surface area contributed by atoms with Crippen LogP contribution >= 0.6 is 0 Å². The van der Waals surface area contributed by atoms with E-state index in [2.05, 4.69) is 0 Å². The highest BCUT2D eigenvalue weighted by Crippen LogP contribution is 2.39. The lowest BCUT2D eigenvalue weighted by atomic mass is 10.1. The normalized spacial score (nSPS) is 22.4. The van der Waals surface area contributed by atoms with Gasteiger partial charge in [-0.25, -0.2) is 0 Å². The third-order valence-electron chi connectivity index (χ3n) is 5.48. The van der Waals surface area contributed by atoms with E-state index in [1.165, 1.54) is 33.5 Å². The Labute approximate surface area is 193 Å². The van der Waals surface area contributed by atoms with E-state index in [0.717, 1.165) is 0 Å². The van der Waals surface area contributed by atoms with E-state index in [9.17, 15) is 25.2 Å². The Morgan fingerprint density at radius 2 is 1.68 bits per heavy atom. The van der Waals surface area contributed by atoms with Gasteiger partial charge in [0.15, 0.2) is 17.3 Å². The summed E-state index contributed by atoms with van der Waals surface area (Å²) in [6, 6.07) is 7.40. The van der Waals surface area contributed by atoms with Crippen molar-refractivity contribution in [2.45, 2.75) is 24.6 Å². The first-order valence-electron chi connectivity index (χ1n) is 10.2. The second kappa shape index (κ2) is 9.39. The predicted octanol–water partition coefficient (Wildman–Crippen LogP) is 1.01. The fourth-order valence-electron chi connectivity index (χ4n) is 3.65. The molecule has 0 amide bonds. The van der Waals surface area contributed by atoms with Gasteiger partial charge in [0.05, 0.1) is 27.9 Å². The number of methoxy groups -OCH3 is 3. The molecule has 11 nitrogen and oxygen atoms in total. The Morgan fingerprint density at radius 3 is 2.35 bits per heavy atom. The predicted molar refractivity (Wildman–Crippen MR) is 118 cm³/mol. The van der Waals surface area contributed by atoms with E-state index < -0.39 is 41.5 Å². The summed E-state index contributed by atoms with van der Waals surface area (Å²) in [5, 5.41) is 40.3. The van der Waals surface area contributed by atoms with Crippen LogP contribution in [0.25, 0.3) is 22.3 Å². The highest BCUT2D eigenvalue weighted by atomic mass is 16.7. The third kappa shape index (κ3) is 4.10. The van der Waals surface area contributed by atoms with Crippen LogP contribution in [-0.4, -0.2) is 73.0 Å². The minimum Gasteiger partial charge on any atom is -0.507 e. The van der Waals surface area contributed by atoms with Crippen molar-refractivity contribution < 1.29 is 48.5 Å². The molecule has 1 aromatic heterocycles. The summed E-state index contributed by atoms with van der Waals surface area (Å²) in [5.74, 6) is 0.153. The number of fused-ring (bicyclic) bond motifs is 1. The maximum atomic E-state index is 13.5. The van der Waals surface area contributed by atoms with Crippen LogP contribution in [0.1, 0.15) is 0 Å². The average molecular weight is 476 g/mol. The van der Waals surface area contributed by atoms with Crippen LogP contribution in [0, 0.1) is 0 Å². The number of hydrogen-bond donors (Lipinski definition) is 4. The molecule has 182 valence electrons. The zero-order valence-corrected chi connectivity index (χ0v) is 18.5. The topological polar surface area (TPSA) is 157 Å². The van der Waals surface area contributed by atoms with Gasteiger partial charge in [-0.15, -0.1) is 0 Å². The van der Waals surface area contributed by atoms with Crippen LogP contribution in [0.15, 0.2) is 39.5 Å². The Kier molecular flexibility index (Phi) is 6.53. The molecule has 1 fully saturated rings. The van der Waals surface area contributed by atoms with Gasteiger partial charge in [-0.05, 0) is 18.2 Å². The van der Waals surface area contributed by atoms with Crippen LogP contribution in [0.5, 0.6) is 28.7 Å². The summed E-state index contributed by atoms with van der Waals surface area (Å²) in [6.07, 6.45) is -6.06. The van der Waals surface area contributed by atoms with Crippen LogP contribution in [0.2, 0.25) is 0 Å². The van der Waals surface area contributed by atoms with Gasteiger partial charge < -0.3 is 48.5 Å². The molecule has 1 saturated heterocycles. The Morgan fingerprint density at radius 1 is 0.941 bits per heavy atom. The van der Waals surface area contributed by atoms with Crippen molar-refractivity contribution in [3.05, 3.63) is 40.6 Å². The van der Waals surface area contributed by atoms with E-state index >= 15 is 0 Å². The van der Waals surface area contributed by atoms with Crippen LogP contribution in [0.4, 0.5) is 0 Å². The van der Waals surface area contributed by atoms with Gasteiger partial charge in [-0.1, -0.05) is 0 Å². The molecule has 0 aliphatic carbocycles. The Balaban J connectivity index is 1.93. The van der Waals surface area contributed by atoms with Crippen molar-refractivity contribution in [3.8, 4) is 40.1 Å². The number of aromatic hydroxyl groups is 1. The third-order valence-corrected chi connectivity index (χ3v) is 5.48. The molecule has 0 saturated carbocycles. The standard InChI is InChI=1S/C23H24O11/c1-29-11-7-12(24)17-16(8-11)33-21(10-4-5-14(30-2)15(6-10)31-3)22(19(17)27)34-23-20(28)18(26)13(25)9-32-23/h4-8,13,18,20,23-26,28H,9H2,1-3H3/t13-,18-,20-,23-/m1/s1. The number of phenolic OH excluding ortho intramolecular Hbond substituents is 1. The summed E-state index contributed by atoms with van der Waals surface area (Å²) in [5.41, 5.74) is -0.401. The minimum atomic E-state index is -1.67. The lowest BCUT2D eigenvalue weighted by Crippen LogP contribution is -2.55. The number of aliphatic hydroxyl groups excluding tert-OH is 3. The number of phenols is 1. The minimum absolute atomic E-state index is 0.0135. The number of ether oxygens (including phenoxy) is 5. The maximum Gasteiger partial charge on any atom is 0.239 e. The molecule has 4 rings (SSSR count). The van der Waals surface area contributed by atoms with Crippen molar-refractivity contribution in [2.24, 2.45) is 0 Å². The van der Waals surface area contributed by atoms with Gasteiger partial charge in [0.2, 0.25) is 17.5 Å². The number of hydrogen-bond acceptors (Lipinski definition) is 11. The summed E-state index contributed by atoms with van der Waals surface area (Å²) in [6.45, 7) is -0.337.